The van der Waals surface area contributed by atoms with Crippen LogP contribution in [-0.2, 0) is 9.59 Å². The van der Waals surface area contributed by atoms with Crippen LogP contribution in [0.25, 0.3) is 0 Å². The first-order valence-electron chi connectivity index (χ1n) is 7.05. The molecule has 1 unspecified atom stereocenters. The number of carboxylic acids is 1. The van der Waals surface area contributed by atoms with E-state index in [1.165, 1.54) is 6.07 Å². The Morgan fingerprint density at radius 2 is 2.00 bits per heavy atom. The van der Waals surface area contributed by atoms with Crippen molar-refractivity contribution in [2.24, 2.45) is 5.73 Å². The van der Waals surface area contributed by atoms with Gasteiger partial charge >= 0.3 is 5.97 Å². The first-order valence-corrected chi connectivity index (χ1v) is 7.42. The summed E-state index contributed by atoms with van der Waals surface area (Å²) in [6.07, 6.45) is -0.216. The number of hydrogen-bond donors (Lipinski definition) is 4. The zero-order chi connectivity index (χ0) is 17.6. The fraction of sp³-hybridized carbons (Fsp3) is 0.400. The van der Waals surface area contributed by atoms with E-state index in [4.69, 9.17) is 22.4 Å². The largest absolute Gasteiger partial charge is 0.480 e. The van der Waals surface area contributed by atoms with Gasteiger partial charge in [0.05, 0.1) is 10.6 Å². The van der Waals surface area contributed by atoms with E-state index in [9.17, 15) is 14.4 Å². The smallest absolute Gasteiger partial charge is 0.326 e. The van der Waals surface area contributed by atoms with E-state index in [0.717, 1.165) is 5.56 Å². The molecule has 0 heterocycles. The van der Waals surface area contributed by atoms with Crippen LogP contribution in [0.5, 0.6) is 0 Å². The molecule has 2 atom stereocenters. The third-order valence-corrected chi connectivity index (χ3v) is 3.77. The van der Waals surface area contributed by atoms with Crippen LogP contribution in [0.4, 0.5) is 0 Å². The Kier molecular flexibility index (Phi) is 6.99. The highest BCUT2D eigenvalue weighted by Crippen LogP contribution is 2.22. The summed E-state index contributed by atoms with van der Waals surface area (Å²) in [5, 5.41) is 14.7. The van der Waals surface area contributed by atoms with Crippen LogP contribution < -0.4 is 16.4 Å². The number of amides is 2. The van der Waals surface area contributed by atoms with Crippen LogP contribution in [0, 0.1) is 0 Å². The molecule has 0 saturated heterocycles. The number of carbonyl (C=O) groups excluding carboxylic acids is 2. The fourth-order valence-electron chi connectivity index (χ4n) is 1.93. The number of hydrogen-bond acceptors (Lipinski definition) is 4. The zero-order valence-corrected chi connectivity index (χ0v) is 13.7. The molecule has 8 heteroatoms. The predicted molar refractivity (Wildman–Crippen MR) is 86.2 cm³/mol. The molecule has 23 heavy (non-hydrogen) atoms. The lowest BCUT2D eigenvalue weighted by Gasteiger charge is -2.16. The monoisotopic (exact) mass is 341 g/mol. The van der Waals surface area contributed by atoms with Crippen molar-refractivity contribution >= 4 is 29.4 Å². The molecule has 2 amide bonds. The van der Waals surface area contributed by atoms with Crippen LogP contribution in [0.1, 0.15) is 41.7 Å². The van der Waals surface area contributed by atoms with Gasteiger partial charge in [0, 0.05) is 12.5 Å². The van der Waals surface area contributed by atoms with E-state index in [-0.39, 0.29) is 29.5 Å². The summed E-state index contributed by atoms with van der Waals surface area (Å²) in [6.45, 7) is 1.94. The molecule has 5 N–H and O–H groups in total. The van der Waals surface area contributed by atoms with Crippen molar-refractivity contribution in [2.75, 3.05) is 7.05 Å². The van der Waals surface area contributed by atoms with Crippen molar-refractivity contribution in [3.05, 3.63) is 34.3 Å². The molecule has 0 radical (unpaired) electrons. The Bertz CT molecular complexity index is 606. The SMILES string of the molecule is CNC(C)c1ccc(C(=O)N[C@@H](CCC(N)=O)C(=O)O)c(Cl)c1. The number of benzene rings is 1. The number of nitrogens with one attached hydrogen (secondary N) is 2. The Labute approximate surface area is 139 Å². The molecule has 0 saturated carbocycles. The van der Waals surface area contributed by atoms with E-state index in [2.05, 4.69) is 10.6 Å². The molecule has 0 aliphatic carbocycles. The number of nitrogens with two attached hydrogens (primary N) is 1. The summed E-state index contributed by atoms with van der Waals surface area (Å²) in [7, 11) is 1.80. The summed E-state index contributed by atoms with van der Waals surface area (Å²) in [5.41, 5.74) is 6.06. The number of carbonyl (C=O) groups is 3. The maximum Gasteiger partial charge on any atom is 0.326 e. The minimum atomic E-state index is -1.24. The molecule has 0 aliphatic heterocycles. The van der Waals surface area contributed by atoms with Crippen LogP contribution in [-0.4, -0.2) is 36.0 Å². The number of halogens is 1. The first-order chi connectivity index (χ1) is 10.8. The molecule has 1 aromatic carbocycles. The summed E-state index contributed by atoms with van der Waals surface area (Å²) >= 11 is 6.11. The van der Waals surface area contributed by atoms with Gasteiger partial charge < -0.3 is 21.5 Å². The van der Waals surface area contributed by atoms with Gasteiger partial charge in [0.2, 0.25) is 5.91 Å². The number of carboxylic acid groups (broad SMARTS) is 1. The van der Waals surface area contributed by atoms with Crippen LogP contribution in [0.3, 0.4) is 0 Å². The highest BCUT2D eigenvalue weighted by molar-refractivity contribution is 6.34. The van der Waals surface area contributed by atoms with E-state index >= 15 is 0 Å². The van der Waals surface area contributed by atoms with Gasteiger partial charge in [-0.05, 0) is 38.1 Å². The maximum atomic E-state index is 12.2. The predicted octanol–water partition coefficient (Wildman–Crippen LogP) is 1.07. The normalized spacial score (nSPS) is 13.2. The van der Waals surface area contributed by atoms with Crippen molar-refractivity contribution in [3.63, 3.8) is 0 Å². The highest BCUT2D eigenvalue weighted by Gasteiger charge is 2.22. The number of rotatable bonds is 8. The molecular formula is C15H20ClN3O4. The summed E-state index contributed by atoms with van der Waals surface area (Å²) in [6, 6.07) is 3.78. The van der Waals surface area contributed by atoms with Gasteiger partial charge in [-0.1, -0.05) is 17.7 Å². The molecule has 0 bridgehead atoms. The molecule has 7 nitrogen and oxygen atoms in total. The average molecular weight is 342 g/mol. The third-order valence-electron chi connectivity index (χ3n) is 3.45. The Morgan fingerprint density at radius 3 is 2.48 bits per heavy atom. The maximum absolute atomic E-state index is 12.2. The number of aliphatic carboxylic acids is 1. The van der Waals surface area contributed by atoms with Crippen LogP contribution >= 0.6 is 11.6 Å². The highest BCUT2D eigenvalue weighted by atomic mass is 35.5. The molecule has 0 spiro atoms. The van der Waals surface area contributed by atoms with Crippen LogP contribution in [0.15, 0.2) is 18.2 Å². The van der Waals surface area contributed by atoms with Gasteiger partial charge in [-0.2, -0.15) is 0 Å². The fourth-order valence-corrected chi connectivity index (χ4v) is 2.21. The lowest BCUT2D eigenvalue weighted by atomic mass is 10.0. The topological polar surface area (TPSA) is 122 Å². The van der Waals surface area contributed by atoms with Gasteiger partial charge in [0.25, 0.3) is 5.91 Å². The lowest BCUT2D eigenvalue weighted by Crippen LogP contribution is -2.41. The Morgan fingerprint density at radius 1 is 1.35 bits per heavy atom. The van der Waals surface area contributed by atoms with Crippen molar-refractivity contribution in [2.45, 2.75) is 31.8 Å². The van der Waals surface area contributed by atoms with Gasteiger partial charge in [-0.3, -0.25) is 9.59 Å². The summed E-state index contributed by atoms with van der Waals surface area (Å²) < 4.78 is 0. The second-order valence-electron chi connectivity index (χ2n) is 5.12. The molecule has 0 aliphatic rings. The molecule has 0 aromatic heterocycles. The minimum Gasteiger partial charge on any atom is -0.480 e. The standard InChI is InChI=1S/C15H20ClN3O4/c1-8(18-2)9-3-4-10(11(16)7-9)14(21)19-12(15(22)23)5-6-13(17)20/h3-4,7-8,12,18H,5-6H2,1-2H3,(H2,17,20)(H,19,21)(H,22,23)/t8?,12-/m0/s1. The van der Waals surface area contributed by atoms with E-state index < -0.39 is 23.8 Å². The van der Waals surface area contributed by atoms with E-state index in [1.807, 2.05) is 6.92 Å². The van der Waals surface area contributed by atoms with Gasteiger partial charge in [0.1, 0.15) is 6.04 Å². The quantitative estimate of drug-likeness (QED) is 0.563. The second-order valence-corrected chi connectivity index (χ2v) is 5.53. The van der Waals surface area contributed by atoms with Crippen molar-refractivity contribution in [1.82, 2.24) is 10.6 Å². The molecular weight excluding hydrogens is 322 g/mol. The van der Waals surface area contributed by atoms with Gasteiger partial charge in [-0.15, -0.1) is 0 Å². The van der Waals surface area contributed by atoms with Crippen molar-refractivity contribution < 1.29 is 19.5 Å². The summed E-state index contributed by atoms with van der Waals surface area (Å²) in [4.78, 5) is 34.1. The first kappa shape index (κ1) is 18.9. The van der Waals surface area contributed by atoms with Gasteiger partial charge in [-0.25, -0.2) is 4.79 Å². The van der Waals surface area contributed by atoms with E-state index in [1.54, 1.807) is 19.2 Å². The minimum absolute atomic E-state index is 0.0620. The molecule has 0 fully saturated rings. The lowest BCUT2D eigenvalue weighted by molar-refractivity contribution is -0.139. The zero-order valence-electron chi connectivity index (χ0n) is 12.9. The number of primary amides is 1. The average Bonchev–Trinajstić information content (AvgIpc) is 2.49. The van der Waals surface area contributed by atoms with Crippen molar-refractivity contribution in [3.8, 4) is 0 Å². The van der Waals surface area contributed by atoms with Crippen molar-refractivity contribution in [1.29, 1.82) is 0 Å². The third kappa shape index (κ3) is 5.54. The molecule has 1 aromatic rings. The Balaban J connectivity index is 2.87. The second kappa shape index (κ2) is 8.50. The van der Waals surface area contributed by atoms with E-state index in [0.29, 0.717) is 0 Å². The summed E-state index contributed by atoms with van der Waals surface area (Å²) in [5.74, 6) is -2.49. The van der Waals surface area contributed by atoms with Gasteiger partial charge in [0.15, 0.2) is 0 Å². The molecule has 1 rings (SSSR count). The van der Waals surface area contributed by atoms with Crippen LogP contribution in [0.2, 0.25) is 5.02 Å². The Hall–Kier alpha value is -2.12. The molecule has 126 valence electrons.